The standard InChI is InChI=1S/C12H16FNO3/c1-12(2,3)10(14-11(16)17)7-5-4-6-8(15)9(7)13/h4-6,10,14-15H,1-3H3,(H,16,17). The molecule has 1 aromatic rings. The van der Waals surface area contributed by atoms with E-state index in [0.29, 0.717) is 0 Å². The molecule has 0 bridgehead atoms. The van der Waals surface area contributed by atoms with Crippen LogP contribution in [0.3, 0.4) is 0 Å². The van der Waals surface area contributed by atoms with Crippen LogP contribution in [0, 0.1) is 11.2 Å². The fourth-order valence-electron chi connectivity index (χ4n) is 1.64. The monoisotopic (exact) mass is 241 g/mol. The molecule has 0 saturated carbocycles. The van der Waals surface area contributed by atoms with E-state index in [9.17, 15) is 14.3 Å². The second kappa shape index (κ2) is 4.61. The average molecular weight is 241 g/mol. The predicted molar refractivity (Wildman–Crippen MR) is 61.4 cm³/mol. The smallest absolute Gasteiger partial charge is 0.405 e. The first kappa shape index (κ1) is 13.3. The van der Waals surface area contributed by atoms with E-state index in [-0.39, 0.29) is 5.56 Å². The summed E-state index contributed by atoms with van der Waals surface area (Å²) >= 11 is 0. The van der Waals surface area contributed by atoms with Crippen molar-refractivity contribution >= 4 is 6.09 Å². The molecule has 0 heterocycles. The summed E-state index contributed by atoms with van der Waals surface area (Å²) in [6.07, 6.45) is -1.23. The average Bonchev–Trinajstić information content (AvgIpc) is 2.17. The summed E-state index contributed by atoms with van der Waals surface area (Å²) in [4.78, 5) is 10.7. The maximum Gasteiger partial charge on any atom is 0.405 e. The lowest BCUT2D eigenvalue weighted by atomic mass is 9.82. The van der Waals surface area contributed by atoms with E-state index < -0.39 is 29.1 Å². The van der Waals surface area contributed by atoms with Gasteiger partial charge in [-0.1, -0.05) is 32.9 Å². The lowest BCUT2D eigenvalue weighted by molar-refractivity contribution is 0.173. The molecule has 0 aliphatic rings. The molecule has 3 N–H and O–H groups in total. The number of hydrogen-bond acceptors (Lipinski definition) is 2. The fourth-order valence-corrected chi connectivity index (χ4v) is 1.64. The number of carboxylic acid groups (broad SMARTS) is 1. The second-order valence-electron chi connectivity index (χ2n) is 4.93. The van der Waals surface area contributed by atoms with Crippen LogP contribution in [0.25, 0.3) is 0 Å². The predicted octanol–water partition coefficient (Wildman–Crippen LogP) is 2.89. The Hall–Kier alpha value is -1.78. The first-order chi connectivity index (χ1) is 7.73. The minimum absolute atomic E-state index is 0.139. The number of benzene rings is 1. The van der Waals surface area contributed by atoms with E-state index in [0.717, 1.165) is 0 Å². The van der Waals surface area contributed by atoms with E-state index in [1.165, 1.54) is 18.2 Å². The zero-order valence-electron chi connectivity index (χ0n) is 9.99. The summed E-state index contributed by atoms with van der Waals surface area (Å²) in [5.74, 6) is -1.27. The van der Waals surface area contributed by atoms with Crippen molar-refractivity contribution in [2.75, 3.05) is 0 Å². The molecule has 5 heteroatoms. The van der Waals surface area contributed by atoms with Crippen LogP contribution in [-0.4, -0.2) is 16.3 Å². The minimum atomic E-state index is -1.23. The number of halogens is 1. The Morgan fingerprint density at radius 3 is 2.47 bits per heavy atom. The van der Waals surface area contributed by atoms with E-state index in [1.54, 1.807) is 20.8 Å². The molecule has 0 radical (unpaired) electrons. The maximum atomic E-state index is 13.7. The molecule has 0 aliphatic carbocycles. The molecule has 17 heavy (non-hydrogen) atoms. The third-order valence-corrected chi connectivity index (χ3v) is 2.45. The van der Waals surface area contributed by atoms with Crippen LogP contribution < -0.4 is 5.32 Å². The van der Waals surface area contributed by atoms with Gasteiger partial charge in [-0.2, -0.15) is 0 Å². The minimum Gasteiger partial charge on any atom is -0.505 e. The van der Waals surface area contributed by atoms with Crippen LogP contribution in [-0.2, 0) is 0 Å². The molecule has 0 fully saturated rings. The quantitative estimate of drug-likeness (QED) is 0.745. The lowest BCUT2D eigenvalue weighted by Crippen LogP contribution is -2.36. The Bertz CT molecular complexity index is 426. The number of rotatable bonds is 2. The lowest BCUT2D eigenvalue weighted by Gasteiger charge is -2.31. The first-order valence-corrected chi connectivity index (χ1v) is 5.20. The molecule has 94 valence electrons. The Morgan fingerprint density at radius 2 is 2.00 bits per heavy atom. The van der Waals surface area contributed by atoms with E-state index in [2.05, 4.69) is 5.32 Å². The summed E-state index contributed by atoms with van der Waals surface area (Å²) < 4.78 is 13.7. The number of nitrogens with one attached hydrogen (secondary N) is 1. The largest absolute Gasteiger partial charge is 0.505 e. The van der Waals surface area contributed by atoms with Crippen LogP contribution in [0.4, 0.5) is 9.18 Å². The van der Waals surface area contributed by atoms with Crippen molar-refractivity contribution in [2.24, 2.45) is 5.41 Å². The third kappa shape index (κ3) is 3.09. The van der Waals surface area contributed by atoms with E-state index >= 15 is 0 Å². The van der Waals surface area contributed by atoms with Crippen molar-refractivity contribution in [3.8, 4) is 5.75 Å². The SMILES string of the molecule is CC(C)(C)C(NC(=O)O)c1cccc(O)c1F. The number of phenols is 1. The summed E-state index contributed by atoms with van der Waals surface area (Å²) in [5.41, 5.74) is -0.368. The van der Waals surface area contributed by atoms with Gasteiger partial charge in [0.05, 0.1) is 6.04 Å². The van der Waals surface area contributed by atoms with Crippen molar-refractivity contribution < 1.29 is 19.4 Å². The summed E-state index contributed by atoms with van der Waals surface area (Å²) in [7, 11) is 0. The van der Waals surface area contributed by atoms with E-state index in [4.69, 9.17) is 5.11 Å². The van der Waals surface area contributed by atoms with Crippen LogP contribution in [0.15, 0.2) is 18.2 Å². The van der Waals surface area contributed by atoms with Crippen LogP contribution in [0.1, 0.15) is 32.4 Å². The highest BCUT2D eigenvalue weighted by Crippen LogP contribution is 2.35. The van der Waals surface area contributed by atoms with Gasteiger partial charge in [-0.15, -0.1) is 0 Å². The highest BCUT2D eigenvalue weighted by molar-refractivity contribution is 5.65. The van der Waals surface area contributed by atoms with Gasteiger partial charge in [-0.3, -0.25) is 0 Å². The third-order valence-electron chi connectivity index (χ3n) is 2.45. The molecule has 1 unspecified atom stereocenters. The summed E-state index contributed by atoms with van der Waals surface area (Å²) in [6, 6.07) is 3.43. The maximum absolute atomic E-state index is 13.7. The van der Waals surface area contributed by atoms with E-state index in [1.807, 2.05) is 0 Å². The normalized spacial score (nSPS) is 13.2. The molecule has 0 saturated heterocycles. The summed E-state index contributed by atoms with van der Waals surface area (Å²) in [6.45, 7) is 5.37. The zero-order valence-corrected chi connectivity index (χ0v) is 9.99. The van der Waals surface area contributed by atoms with Crippen molar-refractivity contribution in [2.45, 2.75) is 26.8 Å². The molecular weight excluding hydrogens is 225 g/mol. The molecule has 0 aromatic heterocycles. The van der Waals surface area contributed by atoms with Gasteiger partial charge in [0.15, 0.2) is 11.6 Å². The molecule has 1 amide bonds. The van der Waals surface area contributed by atoms with Crippen molar-refractivity contribution in [3.63, 3.8) is 0 Å². The molecule has 1 rings (SSSR count). The highest BCUT2D eigenvalue weighted by Gasteiger charge is 2.30. The van der Waals surface area contributed by atoms with Crippen LogP contribution >= 0.6 is 0 Å². The van der Waals surface area contributed by atoms with Gasteiger partial charge in [-0.05, 0) is 11.5 Å². The van der Waals surface area contributed by atoms with Crippen molar-refractivity contribution in [3.05, 3.63) is 29.6 Å². The van der Waals surface area contributed by atoms with Gasteiger partial charge in [0.2, 0.25) is 0 Å². The number of amides is 1. The summed E-state index contributed by atoms with van der Waals surface area (Å²) in [5, 5.41) is 20.3. The van der Waals surface area contributed by atoms with Gasteiger partial charge >= 0.3 is 6.09 Å². The second-order valence-corrected chi connectivity index (χ2v) is 4.93. The fraction of sp³-hybridized carbons (Fsp3) is 0.417. The van der Waals surface area contributed by atoms with Crippen LogP contribution in [0.5, 0.6) is 5.75 Å². The number of aromatic hydroxyl groups is 1. The van der Waals surface area contributed by atoms with Crippen molar-refractivity contribution in [1.29, 1.82) is 0 Å². The van der Waals surface area contributed by atoms with Gasteiger partial charge < -0.3 is 15.5 Å². The number of carbonyl (C=O) groups is 1. The molecular formula is C12H16FNO3. The topological polar surface area (TPSA) is 69.6 Å². The molecule has 1 atom stereocenters. The molecule has 0 spiro atoms. The van der Waals surface area contributed by atoms with Gasteiger partial charge in [0, 0.05) is 5.56 Å². The number of hydrogen-bond donors (Lipinski definition) is 3. The van der Waals surface area contributed by atoms with Gasteiger partial charge in [0.1, 0.15) is 0 Å². The van der Waals surface area contributed by atoms with Gasteiger partial charge in [0.25, 0.3) is 0 Å². The Morgan fingerprint density at radius 1 is 1.41 bits per heavy atom. The number of phenolic OH excluding ortho intramolecular Hbond substituents is 1. The first-order valence-electron chi connectivity index (χ1n) is 5.20. The van der Waals surface area contributed by atoms with Gasteiger partial charge in [-0.25, -0.2) is 9.18 Å². The Labute approximate surface area is 99.1 Å². The zero-order chi connectivity index (χ0) is 13.2. The molecule has 1 aromatic carbocycles. The van der Waals surface area contributed by atoms with Crippen LogP contribution in [0.2, 0.25) is 0 Å². The Kier molecular flexibility index (Phi) is 3.60. The highest BCUT2D eigenvalue weighted by atomic mass is 19.1. The van der Waals surface area contributed by atoms with Crippen molar-refractivity contribution in [1.82, 2.24) is 5.32 Å². The molecule has 0 aliphatic heterocycles. The molecule has 4 nitrogen and oxygen atoms in total. The Balaban J connectivity index is 3.22.